The average molecular weight is 332 g/mol. The molecule has 0 unspecified atom stereocenters. The van der Waals surface area contributed by atoms with E-state index in [2.05, 4.69) is 21.9 Å². The van der Waals surface area contributed by atoms with Gasteiger partial charge in [-0.3, -0.25) is 9.69 Å². The molecule has 0 aromatic heterocycles. The van der Waals surface area contributed by atoms with E-state index in [9.17, 15) is 4.79 Å². The van der Waals surface area contributed by atoms with Crippen LogP contribution < -0.4 is 4.74 Å². The summed E-state index contributed by atoms with van der Waals surface area (Å²) in [7, 11) is 3.34. The smallest absolute Gasteiger partial charge is 0.225 e. The molecule has 5 nitrogen and oxygen atoms in total. The first kappa shape index (κ1) is 17.2. The molecule has 1 amide bonds. The maximum Gasteiger partial charge on any atom is 0.225 e. The molecule has 0 radical (unpaired) electrons. The molecule has 3 saturated heterocycles. The van der Waals surface area contributed by atoms with Crippen LogP contribution in [-0.2, 0) is 16.1 Å². The number of hydrogen-bond donors (Lipinski definition) is 0. The molecule has 3 fully saturated rings. The van der Waals surface area contributed by atoms with Crippen molar-refractivity contribution in [1.82, 2.24) is 9.80 Å². The molecule has 3 aliphatic rings. The van der Waals surface area contributed by atoms with Crippen molar-refractivity contribution in [1.29, 1.82) is 0 Å². The Balaban J connectivity index is 1.62. The Kier molecular flexibility index (Phi) is 5.74. The predicted octanol–water partition coefficient (Wildman–Crippen LogP) is 2.15. The lowest BCUT2D eigenvalue weighted by Gasteiger charge is -2.36. The Morgan fingerprint density at radius 1 is 1.12 bits per heavy atom. The average Bonchev–Trinajstić information content (AvgIpc) is 2.91. The van der Waals surface area contributed by atoms with Gasteiger partial charge in [-0.25, -0.2) is 0 Å². The highest BCUT2D eigenvalue weighted by molar-refractivity contribution is 5.76. The van der Waals surface area contributed by atoms with Crippen molar-refractivity contribution >= 4 is 5.91 Å². The van der Waals surface area contributed by atoms with E-state index >= 15 is 0 Å². The number of nitrogens with zero attached hydrogens (tertiary/aromatic N) is 2. The van der Waals surface area contributed by atoms with Crippen LogP contribution in [-0.4, -0.2) is 62.2 Å². The van der Waals surface area contributed by atoms with Gasteiger partial charge >= 0.3 is 0 Å². The number of benzene rings is 1. The van der Waals surface area contributed by atoms with Gasteiger partial charge in [0.1, 0.15) is 5.75 Å². The number of hydrogen-bond acceptors (Lipinski definition) is 4. The van der Waals surface area contributed by atoms with E-state index in [1.807, 2.05) is 12.1 Å². The van der Waals surface area contributed by atoms with Gasteiger partial charge in [0, 0.05) is 39.3 Å². The van der Waals surface area contributed by atoms with Gasteiger partial charge in [0.2, 0.25) is 5.91 Å². The summed E-state index contributed by atoms with van der Waals surface area (Å²) < 4.78 is 10.3. The summed E-state index contributed by atoms with van der Waals surface area (Å²) in [5, 5.41) is 0. The number of rotatable bonds is 6. The number of carbonyl (C=O) groups is 1. The molecular weight excluding hydrogens is 304 g/mol. The van der Waals surface area contributed by atoms with E-state index in [-0.39, 0.29) is 5.91 Å². The van der Waals surface area contributed by atoms with Gasteiger partial charge in [0.05, 0.1) is 20.1 Å². The Labute approximate surface area is 144 Å². The monoisotopic (exact) mass is 332 g/mol. The second kappa shape index (κ2) is 7.99. The van der Waals surface area contributed by atoms with E-state index < -0.39 is 0 Å². The van der Waals surface area contributed by atoms with Crippen LogP contribution in [0.2, 0.25) is 0 Å². The molecular formula is C19H28N2O3. The molecule has 2 bridgehead atoms. The third-order valence-electron chi connectivity index (χ3n) is 5.19. The Hall–Kier alpha value is -1.59. The zero-order valence-corrected chi connectivity index (χ0v) is 14.7. The molecule has 0 saturated carbocycles. The van der Waals surface area contributed by atoms with E-state index in [4.69, 9.17) is 9.47 Å². The molecule has 0 spiro atoms. The quantitative estimate of drug-likeness (QED) is 0.800. The molecule has 2 atom stereocenters. The third kappa shape index (κ3) is 4.08. The normalized spacial score (nSPS) is 24.0. The van der Waals surface area contributed by atoms with Gasteiger partial charge in [-0.2, -0.15) is 0 Å². The second-order valence-corrected chi connectivity index (χ2v) is 6.93. The number of piperidine rings is 1. The second-order valence-electron chi connectivity index (χ2n) is 6.93. The molecule has 1 aromatic carbocycles. The van der Waals surface area contributed by atoms with Crippen molar-refractivity contribution in [3.8, 4) is 5.75 Å². The summed E-state index contributed by atoms with van der Waals surface area (Å²) in [6.07, 6.45) is 2.86. The highest BCUT2D eigenvalue weighted by Gasteiger charge is 2.36. The minimum Gasteiger partial charge on any atom is -0.497 e. The summed E-state index contributed by atoms with van der Waals surface area (Å²) >= 11 is 0. The van der Waals surface area contributed by atoms with Crippen LogP contribution in [0.25, 0.3) is 0 Å². The summed E-state index contributed by atoms with van der Waals surface area (Å²) in [5.74, 6) is 1.73. The zero-order chi connectivity index (χ0) is 16.9. The number of amides is 1. The highest BCUT2D eigenvalue weighted by Crippen LogP contribution is 2.29. The number of methoxy groups -OCH3 is 2. The lowest BCUT2D eigenvalue weighted by atomic mass is 9.95. The molecule has 0 aliphatic carbocycles. The van der Waals surface area contributed by atoms with Crippen molar-refractivity contribution < 1.29 is 14.3 Å². The first-order chi connectivity index (χ1) is 11.7. The fourth-order valence-electron chi connectivity index (χ4n) is 3.94. The molecule has 0 N–H and O–H groups in total. The summed E-state index contributed by atoms with van der Waals surface area (Å²) in [6.45, 7) is 4.42. The van der Waals surface area contributed by atoms with Gasteiger partial charge in [-0.15, -0.1) is 0 Å². The van der Waals surface area contributed by atoms with Crippen molar-refractivity contribution in [3.63, 3.8) is 0 Å². The third-order valence-corrected chi connectivity index (χ3v) is 5.19. The molecule has 24 heavy (non-hydrogen) atoms. The van der Waals surface area contributed by atoms with Crippen molar-refractivity contribution in [3.05, 3.63) is 29.8 Å². The Bertz CT molecular complexity index is 546. The maximum atomic E-state index is 12.4. The number of carbonyl (C=O) groups excluding carboxylic acids is 1. The highest BCUT2D eigenvalue weighted by atomic mass is 16.5. The molecule has 1 aromatic rings. The zero-order valence-electron chi connectivity index (χ0n) is 14.7. The van der Waals surface area contributed by atoms with Crippen LogP contribution in [0.15, 0.2) is 24.3 Å². The maximum absolute atomic E-state index is 12.4. The van der Waals surface area contributed by atoms with E-state index in [0.717, 1.165) is 38.3 Å². The van der Waals surface area contributed by atoms with Crippen LogP contribution in [0.3, 0.4) is 0 Å². The van der Waals surface area contributed by atoms with E-state index in [0.29, 0.717) is 25.0 Å². The van der Waals surface area contributed by atoms with Crippen LogP contribution in [0.5, 0.6) is 5.75 Å². The Morgan fingerprint density at radius 3 is 2.62 bits per heavy atom. The van der Waals surface area contributed by atoms with Gasteiger partial charge in [-0.1, -0.05) is 12.1 Å². The summed E-state index contributed by atoms with van der Waals surface area (Å²) in [6, 6.07) is 8.65. The minimum atomic E-state index is 0.248. The van der Waals surface area contributed by atoms with Gasteiger partial charge in [0.15, 0.2) is 0 Å². The van der Waals surface area contributed by atoms with Gasteiger partial charge in [0.25, 0.3) is 0 Å². The molecule has 3 aliphatic heterocycles. The standard InChI is InChI=1S/C19H28N2O3/c1-23-10-9-19(22)21-13-16-3-6-17(21)14-20(12-16)11-15-4-7-18(24-2)8-5-15/h4-5,7-8,16-17H,3,6,9-14H2,1-2H3/t16-,17+/m1/s1. The minimum absolute atomic E-state index is 0.248. The molecule has 5 heteroatoms. The fourth-order valence-corrected chi connectivity index (χ4v) is 3.94. The van der Waals surface area contributed by atoms with Crippen LogP contribution in [0.1, 0.15) is 24.8 Å². The first-order valence-corrected chi connectivity index (χ1v) is 8.83. The van der Waals surface area contributed by atoms with Gasteiger partial charge in [-0.05, 0) is 36.5 Å². The molecule has 3 heterocycles. The summed E-state index contributed by atoms with van der Waals surface area (Å²) in [5.41, 5.74) is 1.30. The van der Waals surface area contributed by atoms with Crippen molar-refractivity contribution in [2.45, 2.75) is 31.8 Å². The van der Waals surface area contributed by atoms with E-state index in [1.165, 1.54) is 12.0 Å². The van der Waals surface area contributed by atoms with Crippen LogP contribution in [0.4, 0.5) is 0 Å². The Morgan fingerprint density at radius 2 is 1.92 bits per heavy atom. The fraction of sp³-hybridized carbons (Fsp3) is 0.632. The number of fused-ring (bicyclic) bond motifs is 4. The van der Waals surface area contributed by atoms with Crippen molar-refractivity contribution in [2.75, 3.05) is 40.5 Å². The largest absolute Gasteiger partial charge is 0.497 e. The topological polar surface area (TPSA) is 42.0 Å². The predicted molar refractivity (Wildman–Crippen MR) is 93.0 cm³/mol. The van der Waals surface area contributed by atoms with Crippen molar-refractivity contribution in [2.24, 2.45) is 5.92 Å². The van der Waals surface area contributed by atoms with Crippen LogP contribution in [0, 0.1) is 5.92 Å². The first-order valence-electron chi connectivity index (χ1n) is 8.83. The van der Waals surface area contributed by atoms with Crippen LogP contribution >= 0.6 is 0 Å². The number of ether oxygens (including phenoxy) is 2. The lowest BCUT2D eigenvalue weighted by molar-refractivity contribution is -0.136. The SMILES string of the molecule is COCCC(=O)N1C[C@@H]2CC[C@H]1CN(Cc1ccc(OC)cc1)C2. The molecule has 132 valence electrons. The lowest BCUT2D eigenvalue weighted by Crippen LogP contribution is -2.47. The summed E-state index contributed by atoms with van der Waals surface area (Å²) in [4.78, 5) is 17.1. The van der Waals surface area contributed by atoms with Gasteiger partial charge < -0.3 is 14.4 Å². The van der Waals surface area contributed by atoms with E-state index in [1.54, 1.807) is 14.2 Å². The molecule has 4 rings (SSSR count).